The van der Waals surface area contributed by atoms with Gasteiger partial charge in [0.25, 0.3) is 0 Å². The molecule has 1 aromatic rings. The minimum atomic E-state index is -0.703. The lowest BCUT2D eigenvalue weighted by atomic mass is 10.2. The molecule has 0 saturated carbocycles. The first-order chi connectivity index (χ1) is 9.63. The third-order valence-electron chi connectivity index (χ3n) is 2.53. The van der Waals surface area contributed by atoms with Gasteiger partial charge >= 0.3 is 11.8 Å². The number of halogens is 1. The highest BCUT2D eigenvalue weighted by Crippen LogP contribution is 2.01. The van der Waals surface area contributed by atoms with E-state index in [0.29, 0.717) is 26.2 Å². The highest BCUT2D eigenvalue weighted by Gasteiger charge is 2.11. The van der Waals surface area contributed by atoms with E-state index in [9.17, 15) is 14.0 Å². The highest BCUT2D eigenvalue weighted by molar-refractivity contribution is 6.35. The van der Waals surface area contributed by atoms with Crippen molar-refractivity contribution in [1.29, 1.82) is 0 Å². The van der Waals surface area contributed by atoms with E-state index in [1.807, 2.05) is 6.92 Å². The Kier molecular flexibility index (Phi) is 7.27. The predicted octanol–water partition coefficient (Wildman–Crippen LogP) is 0.985. The van der Waals surface area contributed by atoms with Gasteiger partial charge < -0.3 is 15.4 Å². The quantitative estimate of drug-likeness (QED) is 0.579. The maximum Gasteiger partial charge on any atom is 0.309 e. The predicted molar refractivity (Wildman–Crippen MR) is 72.4 cm³/mol. The van der Waals surface area contributed by atoms with Crippen LogP contribution >= 0.6 is 0 Å². The number of amides is 2. The van der Waals surface area contributed by atoms with Crippen LogP contribution in [-0.2, 0) is 20.9 Å². The summed E-state index contributed by atoms with van der Waals surface area (Å²) in [5, 5.41) is 4.96. The van der Waals surface area contributed by atoms with Crippen molar-refractivity contribution >= 4 is 11.8 Å². The van der Waals surface area contributed by atoms with Crippen LogP contribution < -0.4 is 10.6 Å². The molecule has 0 fully saturated rings. The normalized spacial score (nSPS) is 10.1. The second-order valence-corrected chi connectivity index (χ2v) is 4.12. The summed E-state index contributed by atoms with van der Waals surface area (Å²) in [7, 11) is 0. The van der Waals surface area contributed by atoms with E-state index in [4.69, 9.17) is 4.74 Å². The van der Waals surface area contributed by atoms with Crippen LogP contribution in [0, 0.1) is 5.82 Å². The number of carbonyl (C=O) groups is 2. The average molecular weight is 282 g/mol. The molecule has 0 unspecified atom stereocenters. The van der Waals surface area contributed by atoms with Gasteiger partial charge in [0.05, 0.1) is 0 Å². The first-order valence-corrected chi connectivity index (χ1v) is 6.51. The molecule has 0 aliphatic rings. The van der Waals surface area contributed by atoms with Crippen LogP contribution in [0.2, 0.25) is 0 Å². The topological polar surface area (TPSA) is 67.4 Å². The number of nitrogens with one attached hydrogen (secondary N) is 2. The molecule has 0 heterocycles. The van der Waals surface area contributed by atoms with Crippen molar-refractivity contribution in [3.63, 3.8) is 0 Å². The van der Waals surface area contributed by atoms with E-state index < -0.39 is 11.8 Å². The molecule has 0 aliphatic carbocycles. The summed E-state index contributed by atoms with van der Waals surface area (Å²) in [6.45, 7) is 3.65. The number of carbonyl (C=O) groups excluding carboxylic acids is 2. The highest BCUT2D eigenvalue weighted by atomic mass is 19.1. The van der Waals surface area contributed by atoms with Gasteiger partial charge in [0, 0.05) is 26.3 Å². The van der Waals surface area contributed by atoms with Crippen LogP contribution in [0.1, 0.15) is 18.9 Å². The van der Waals surface area contributed by atoms with Crippen molar-refractivity contribution in [2.24, 2.45) is 0 Å². The van der Waals surface area contributed by atoms with Gasteiger partial charge in [-0.2, -0.15) is 0 Å². The van der Waals surface area contributed by atoms with E-state index >= 15 is 0 Å². The largest absolute Gasteiger partial charge is 0.382 e. The summed E-state index contributed by atoms with van der Waals surface area (Å²) in [5.74, 6) is -1.72. The number of rotatable bonds is 7. The van der Waals surface area contributed by atoms with Gasteiger partial charge in [0.1, 0.15) is 5.82 Å². The van der Waals surface area contributed by atoms with Gasteiger partial charge in [0.15, 0.2) is 0 Å². The standard InChI is InChI=1S/C14H19FN2O3/c1-2-20-9-3-8-16-13(18)14(19)17-10-11-4-6-12(15)7-5-11/h4-7H,2-3,8-10H2,1H3,(H,16,18)(H,17,19). The van der Waals surface area contributed by atoms with Crippen LogP contribution in [-0.4, -0.2) is 31.6 Å². The number of ether oxygens (including phenoxy) is 1. The summed E-state index contributed by atoms with van der Waals surface area (Å²) in [4.78, 5) is 22.9. The molecular weight excluding hydrogens is 263 g/mol. The molecule has 5 nitrogen and oxygen atoms in total. The third-order valence-corrected chi connectivity index (χ3v) is 2.53. The molecule has 110 valence electrons. The Morgan fingerprint density at radius 1 is 1.15 bits per heavy atom. The van der Waals surface area contributed by atoms with Crippen molar-refractivity contribution < 1.29 is 18.7 Å². The molecule has 0 bridgehead atoms. The van der Waals surface area contributed by atoms with Crippen LogP contribution in [0.3, 0.4) is 0 Å². The molecule has 0 radical (unpaired) electrons. The molecule has 0 aliphatic heterocycles. The van der Waals surface area contributed by atoms with Crippen LogP contribution in [0.5, 0.6) is 0 Å². The van der Waals surface area contributed by atoms with Gasteiger partial charge in [-0.05, 0) is 31.0 Å². The molecule has 20 heavy (non-hydrogen) atoms. The Balaban J connectivity index is 2.21. The number of hydrogen-bond acceptors (Lipinski definition) is 3. The fraction of sp³-hybridized carbons (Fsp3) is 0.429. The van der Waals surface area contributed by atoms with Crippen LogP contribution in [0.4, 0.5) is 4.39 Å². The molecule has 0 spiro atoms. The third kappa shape index (κ3) is 6.29. The zero-order valence-corrected chi connectivity index (χ0v) is 11.4. The zero-order chi connectivity index (χ0) is 14.8. The average Bonchev–Trinajstić information content (AvgIpc) is 2.46. The molecular formula is C14H19FN2O3. The van der Waals surface area contributed by atoms with Gasteiger partial charge in [-0.25, -0.2) is 4.39 Å². The molecule has 0 aromatic heterocycles. The number of hydrogen-bond donors (Lipinski definition) is 2. The van der Waals surface area contributed by atoms with E-state index in [-0.39, 0.29) is 12.4 Å². The second-order valence-electron chi connectivity index (χ2n) is 4.12. The smallest absolute Gasteiger partial charge is 0.309 e. The Hall–Kier alpha value is -1.95. The summed E-state index contributed by atoms with van der Waals surface area (Å²) in [6, 6.07) is 5.70. The first-order valence-electron chi connectivity index (χ1n) is 6.51. The lowest BCUT2D eigenvalue weighted by Crippen LogP contribution is -2.40. The van der Waals surface area contributed by atoms with E-state index in [2.05, 4.69) is 10.6 Å². The minimum Gasteiger partial charge on any atom is -0.382 e. The lowest BCUT2D eigenvalue weighted by Gasteiger charge is -2.06. The summed E-state index contributed by atoms with van der Waals surface area (Å²) in [6.07, 6.45) is 0.658. The fourth-order valence-electron chi connectivity index (χ4n) is 1.47. The van der Waals surface area contributed by atoms with Gasteiger partial charge in [0.2, 0.25) is 0 Å². The number of benzene rings is 1. The summed E-state index contributed by atoms with van der Waals surface area (Å²) < 4.78 is 17.8. The SMILES string of the molecule is CCOCCCNC(=O)C(=O)NCc1ccc(F)cc1. The van der Waals surface area contributed by atoms with Crippen molar-refractivity contribution in [1.82, 2.24) is 10.6 Å². The lowest BCUT2D eigenvalue weighted by molar-refractivity contribution is -0.139. The summed E-state index contributed by atoms with van der Waals surface area (Å²) >= 11 is 0. The van der Waals surface area contributed by atoms with Crippen molar-refractivity contribution in [3.05, 3.63) is 35.6 Å². The van der Waals surface area contributed by atoms with Gasteiger partial charge in [-0.15, -0.1) is 0 Å². The van der Waals surface area contributed by atoms with Crippen molar-refractivity contribution in [2.75, 3.05) is 19.8 Å². The van der Waals surface area contributed by atoms with E-state index in [1.54, 1.807) is 12.1 Å². The Morgan fingerprint density at radius 2 is 1.80 bits per heavy atom. The molecule has 2 N–H and O–H groups in total. The van der Waals surface area contributed by atoms with Crippen molar-refractivity contribution in [3.8, 4) is 0 Å². The summed E-state index contributed by atoms with van der Waals surface area (Å²) in [5.41, 5.74) is 0.726. The Morgan fingerprint density at radius 3 is 2.45 bits per heavy atom. The molecule has 6 heteroatoms. The van der Waals surface area contributed by atoms with E-state index in [1.165, 1.54) is 12.1 Å². The van der Waals surface area contributed by atoms with Crippen LogP contribution in [0.25, 0.3) is 0 Å². The maximum absolute atomic E-state index is 12.7. The fourth-order valence-corrected chi connectivity index (χ4v) is 1.47. The molecule has 0 saturated heterocycles. The van der Waals surface area contributed by atoms with Crippen molar-refractivity contribution in [2.45, 2.75) is 19.9 Å². The minimum absolute atomic E-state index is 0.186. The van der Waals surface area contributed by atoms with E-state index in [0.717, 1.165) is 5.56 Å². The molecule has 0 atom stereocenters. The van der Waals surface area contributed by atoms with Gasteiger partial charge in [-0.1, -0.05) is 12.1 Å². The second kappa shape index (κ2) is 9.03. The molecule has 2 amide bonds. The molecule has 1 aromatic carbocycles. The molecule has 1 rings (SSSR count). The zero-order valence-electron chi connectivity index (χ0n) is 11.4. The van der Waals surface area contributed by atoms with Gasteiger partial charge in [-0.3, -0.25) is 9.59 Å². The Labute approximate surface area is 117 Å². The monoisotopic (exact) mass is 282 g/mol. The van der Waals surface area contributed by atoms with Crippen LogP contribution in [0.15, 0.2) is 24.3 Å². The Bertz CT molecular complexity index is 435. The first kappa shape index (κ1) is 16.1. The maximum atomic E-state index is 12.7.